The fourth-order valence-corrected chi connectivity index (χ4v) is 5.96. The van der Waals surface area contributed by atoms with Crippen molar-refractivity contribution in [1.82, 2.24) is 4.98 Å². The number of ketones is 1. The van der Waals surface area contributed by atoms with Crippen LogP contribution < -0.4 is 14.4 Å². The van der Waals surface area contributed by atoms with Gasteiger partial charge in [0.25, 0.3) is 5.91 Å². The molecule has 0 fully saturated rings. The number of benzene rings is 3. The maximum absolute atomic E-state index is 13.6. The maximum atomic E-state index is 13.6. The molecule has 1 amide bonds. The Morgan fingerprint density at radius 3 is 2.66 bits per heavy atom. The molecule has 1 aromatic heterocycles. The molecule has 1 atom stereocenters. The molecule has 9 heteroatoms. The lowest BCUT2D eigenvalue weighted by Crippen LogP contribution is -2.30. The minimum Gasteiger partial charge on any atom is -0.503 e. The highest BCUT2D eigenvalue weighted by molar-refractivity contribution is 7.22. The van der Waals surface area contributed by atoms with Gasteiger partial charge in [0.05, 0.1) is 35.5 Å². The number of unbranched alkanes of at least 4 members (excludes halogenated alkanes) is 2. The molecule has 3 aromatic carbocycles. The summed E-state index contributed by atoms with van der Waals surface area (Å²) in [6.07, 6.45) is 6.07. The van der Waals surface area contributed by atoms with Gasteiger partial charge >= 0.3 is 0 Å². The van der Waals surface area contributed by atoms with Gasteiger partial charge in [0.1, 0.15) is 0 Å². The highest BCUT2D eigenvalue weighted by atomic mass is 35.5. The van der Waals surface area contributed by atoms with Crippen molar-refractivity contribution < 1.29 is 24.2 Å². The first-order valence-electron chi connectivity index (χ1n) is 13.3. The van der Waals surface area contributed by atoms with Gasteiger partial charge in [-0.1, -0.05) is 85.2 Å². The number of nitrogens with zero attached hydrogens (tertiary/aromatic N) is 2. The highest BCUT2D eigenvalue weighted by Gasteiger charge is 2.45. The number of thiazole rings is 1. The van der Waals surface area contributed by atoms with Crippen molar-refractivity contribution in [3.05, 3.63) is 100 Å². The largest absolute Gasteiger partial charge is 0.503 e. The molecule has 1 aliphatic heterocycles. The Bertz CT molecular complexity index is 1650. The van der Waals surface area contributed by atoms with E-state index in [-0.39, 0.29) is 5.57 Å². The maximum Gasteiger partial charge on any atom is 0.296 e. The van der Waals surface area contributed by atoms with Crippen molar-refractivity contribution in [1.29, 1.82) is 0 Å². The van der Waals surface area contributed by atoms with E-state index in [1.54, 1.807) is 42.5 Å². The molecular formula is C32H29ClN2O5S. The van der Waals surface area contributed by atoms with E-state index in [1.165, 1.54) is 29.4 Å². The fourth-order valence-electron chi connectivity index (χ4n) is 4.69. The van der Waals surface area contributed by atoms with Crippen LogP contribution in [0.4, 0.5) is 5.13 Å². The second-order valence-electron chi connectivity index (χ2n) is 9.52. The number of carbonyl (C=O) groups is 2. The van der Waals surface area contributed by atoms with Crippen molar-refractivity contribution in [2.75, 3.05) is 18.6 Å². The SMILES string of the molecule is CCCCCOc1ccc(C2C(C(=O)/C=C/c3ccccc3)=C(O)C(=O)N2c2nc3ccc(Cl)cc3s2)cc1OC. The van der Waals surface area contributed by atoms with Gasteiger partial charge in [0.2, 0.25) is 0 Å². The van der Waals surface area contributed by atoms with Crippen molar-refractivity contribution in [3.8, 4) is 11.5 Å². The minimum absolute atomic E-state index is 0.0434. The molecule has 0 saturated carbocycles. The number of hydrogen-bond acceptors (Lipinski definition) is 7. The van der Waals surface area contributed by atoms with E-state index in [0.29, 0.717) is 39.3 Å². The van der Waals surface area contributed by atoms with Crippen LogP contribution in [0.15, 0.2) is 84.1 Å². The molecule has 0 radical (unpaired) electrons. The van der Waals surface area contributed by atoms with Gasteiger partial charge in [0, 0.05) is 5.02 Å². The van der Waals surface area contributed by atoms with E-state index in [9.17, 15) is 14.7 Å². The number of carbonyl (C=O) groups excluding carboxylic acids is 2. The van der Waals surface area contributed by atoms with Gasteiger partial charge in [-0.2, -0.15) is 0 Å². The van der Waals surface area contributed by atoms with Gasteiger partial charge in [0.15, 0.2) is 28.2 Å². The van der Waals surface area contributed by atoms with Crippen LogP contribution in [0.2, 0.25) is 5.02 Å². The second kappa shape index (κ2) is 12.6. The van der Waals surface area contributed by atoms with Crippen LogP contribution in [-0.2, 0) is 9.59 Å². The number of rotatable bonds is 11. The van der Waals surface area contributed by atoms with Crippen LogP contribution in [-0.4, -0.2) is 35.5 Å². The lowest BCUT2D eigenvalue weighted by Gasteiger charge is -2.25. The number of ether oxygens (including phenoxy) is 2. The Hall–Kier alpha value is -4.14. The van der Waals surface area contributed by atoms with Gasteiger partial charge in [-0.25, -0.2) is 4.98 Å². The summed E-state index contributed by atoms with van der Waals surface area (Å²) >= 11 is 7.44. The Morgan fingerprint density at radius 2 is 1.90 bits per heavy atom. The van der Waals surface area contributed by atoms with E-state index in [2.05, 4.69) is 11.9 Å². The number of halogens is 1. The van der Waals surface area contributed by atoms with Gasteiger partial charge in [-0.15, -0.1) is 0 Å². The zero-order valence-electron chi connectivity index (χ0n) is 22.7. The van der Waals surface area contributed by atoms with E-state index in [1.807, 2.05) is 30.3 Å². The summed E-state index contributed by atoms with van der Waals surface area (Å²) in [5.41, 5.74) is 1.98. The lowest BCUT2D eigenvalue weighted by atomic mass is 9.95. The normalized spacial score (nSPS) is 15.3. The van der Waals surface area contributed by atoms with Crippen LogP contribution in [0, 0.1) is 0 Å². The molecule has 5 rings (SSSR count). The first kappa shape index (κ1) is 28.4. The summed E-state index contributed by atoms with van der Waals surface area (Å²) in [5.74, 6) is -0.803. The molecule has 1 unspecified atom stereocenters. The lowest BCUT2D eigenvalue weighted by molar-refractivity contribution is -0.117. The Balaban J connectivity index is 1.57. The molecule has 2 heterocycles. The van der Waals surface area contributed by atoms with Crippen LogP contribution >= 0.6 is 22.9 Å². The summed E-state index contributed by atoms with van der Waals surface area (Å²) in [4.78, 5) is 33.2. The average Bonchev–Trinajstić information content (AvgIpc) is 3.52. The number of aliphatic hydroxyl groups is 1. The number of hydrogen-bond donors (Lipinski definition) is 1. The molecule has 210 valence electrons. The third-order valence-corrected chi connectivity index (χ3v) is 8.01. The molecule has 41 heavy (non-hydrogen) atoms. The van der Waals surface area contributed by atoms with E-state index >= 15 is 0 Å². The molecule has 1 N–H and O–H groups in total. The molecule has 0 bridgehead atoms. The van der Waals surface area contributed by atoms with Crippen molar-refractivity contribution in [2.24, 2.45) is 0 Å². The number of fused-ring (bicyclic) bond motifs is 1. The Kier molecular flexibility index (Phi) is 8.71. The van der Waals surface area contributed by atoms with Crippen molar-refractivity contribution >= 4 is 56.1 Å². The smallest absolute Gasteiger partial charge is 0.296 e. The molecule has 0 spiro atoms. The first-order valence-corrected chi connectivity index (χ1v) is 14.5. The number of methoxy groups -OCH3 is 1. The Morgan fingerprint density at radius 1 is 1.10 bits per heavy atom. The number of allylic oxidation sites excluding steroid dienone is 1. The summed E-state index contributed by atoms with van der Waals surface area (Å²) < 4.78 is 12.3. The number of anilines is 1. The molecular weight excluding hydrogens is 560 g/mol. The van der Waals surface area contributed by atoms with Gasteiger partial charge in [-0.3, -0.25) is 14.5 Å². The van der Waals surface area contributed by atoms with E-state index in [0.717, 1.165) is 29.5 Å². The molecule has 1 aliphatic rings. The van der Waals surface area contributed by atoms with Gasteiger partial charge < -0.3 is 14.6 Å². The van der Waals surface area contributed by atoms with Crippen LogP contribution in [0.5, 0.6) is 11.5 Å². The van der Waals surface area contributed by atoms with Crippen LogP contribution in [0.25, 0.3) is 16.3 Å². The van der Waals surface area contributed by atoms with Gasteiger partial charge in [-0.05, 0) is 54.0 Å². The summed E-state index contributed by atoms with van der Waals surface area (Å²) in [6, 6.07) is 18.9. The van der Waals surface area contributed by atoms with Crippen LogP contribution in [0.1, 0.15) is 43.4 Å². The summed E-state index contributed by atoms with van der Waals surface area (Å²) in [5, 5.41) is 12.0. The number of aromatic nitrogens is 1. The second-order valence-corrected chi connectivity index (χ2v) is 11.0. The number of aliphatic hydroxyl groups excluding tert-OH is 1. The topological polar surface area (TPSA) is 89.0 Å². The number of amides is 1. The Labute approximate surface area is 247 Å². The molecule has 4 aromatic rings. The molecule has 0 aliphatic carbocycles. The third kappa shape index (κ3) is 5.99. The summed E-state index contributed by atoms with van der Waals surface area (Å²) in [7, 11) is 1.54. The van der Waals surface area contributed by atoms with Crippen molar-refractivity contribution in [3.63, 3.8) is 0 Å². The zero-order chi connectivity index (χ0) is 28.9. The third-order valence-electron chi connectivity index (χ3n) is 6.75. The van der Waals surface area contributed by atoms with E-state index in [4.69, 9.17) is 21.1 Å². The van der Waals surface area contributed by atoms with Crippen molar-refractivity contribution in [2.45, 2.75) is 32.2 Å². The predicted molar refractivity (Wildman–Crippen MR) is 163 cm³/mol. The predicted octanol–water partition coefficient (Wildman–Crippen LogP) is 7.71. The zero-order valence-corrected chi connectivity index (χ0v) is 24.2. The van der Waals surface area contributed by atoms with Crippen LogP contribution in [0.3, 0.4) is 0 Å². The highest BCUT2D eigenvalue weighted by Crippen LogP contribution is 2.45. The van der Waals surface area contributed by atoms with E-state index < -0.39 is 23.5 Å². The standard InChI is InChI=1S/C32H29ClN2O5S/c1-3-4-8-17-40-25-16-12-21(18-26(25)39-2)29-28(24(36)15-11-20-9-6-5-7-10-20)30(37)31(38)35(29)32-34-23-14-13-22(33)19-27(23)41-32/h5-7,9-16,18-19,29,37H,3-4,8,17H2,1-2H3/b15-11+. The monoisotopic (exact) mass is 588 g/mol. The minimum atomic E-state index is -0.950. The molecule has 7 nitrogen and oxygen atoms in total. The fraction of sp³-hybridized carbons (Fsp3) is 0.219. The summed E-state index contributed by atoms with van der Waals surface area (Å²) in [6.45, 7) is 2.67. The quantitative estimate of drug-likeness (QED) is 0.143. The first-order chi connectivity index (χ1) is 19.9. The average molecular weight is 589 g/mol. The molecule has 0 saturated heterocycles.